The molecule has 2 aromatic rings. The molecule has 0 saturated carbocycles. The Morgan fingerprint density at radius 1 is 1.27 bits per heavy atom. The van der Waals surface area contributed by atoms with E-state index in [0.29, 0.717) is 5.02 Å². The molecule has 0 aliphatic carbocycles. The molecule has 22 heavy (non-hydrogen) atoms. The zero-order valence-corrected chi connectivity index (χ0v) is 13.6. The zero-order valence-electron chi connectivity index (χ0n) is 12.0. The molecular formula is C16H16ClNO3S. The van der Waals surface area contributed by atoms with Gasteiger partial charge in [-0.3, -0.25) is 9.59 Å². The molecule has 0 radical (unpaired) electrons. The Kier molecular flexibility index (Phi) is 5.98. The monoisotopic (exact) mass is 337 g/mol. The van der Waals surface area contributed by atoms with Crippen molar-refractivity contribution in [3.05, 3.63) is 57.2 Å². The molecule has 1 N–H and O–H groups in total. The number of carbonyl (C=O) groups excluding carboxylic acids is 2. The van der Waals surface area contributed by atoms with E-state index in [1.54, 1.807) is 12.1 Å². The molecule has 116 valence electrons. The fourth-order valence-corrected chi connectivity index (χ4v) is 2.90. The maximum atomic E-state index is 12.2. The number of hydrogen-bond donors (Lipinski definition) is 1. The first-order valence-electron chi connectivity index (χ1n) is 6.72. The SMILES string of the molecule is COC(=O)CC(NC(=O)Cc1ccc(Cl)cc1)c1cccs1. The van der Waals surface area contributed by atoms with Crippen LogP contribution in [0.1, 0.15) is 22.9 Å². The van der Waals surface area contributed by atoms with Crippen LogP contribution in [0.2, 0.25) is 5.02 Å². The van der Waals surface area contributed by atoms with Crippen LogP contribution in [-0.4, -0.2) is 19.0 Å². The van der Waals surface area contributed by atoms with Crippen molar-refractivity contribution in [3.63, 3.8) is 0 Å². The van der Waals surface area contributed by atoms with Gasteiger partial charge in [-0.2, -0.15) is 0 Å². The first kappa shape index (κ1) is 16.5. The molecule has 1 aromatic carbocycles. The summed E-state index contributed by atoms with van der Waals surface area (Å²) in [6, 6.07) is 10.5. The van der Waals surface area contributed by atoms with E-state index < -0.39 is 0 Å². The molecule has 0 saturated heterocycles. The topological polar surface area (TPSA) is 55.4 Å². The lowest BCUT2D eigenvalue weighted by Crippen LogP contribution is -2.31. The van der Waals surface area contributed by atoms with Gasteiger partial charge in [0.15, 0.2) is 0 Å². The molecule has 0 aliphatic rings. The lowest BCUT2D eigenvalue weighted by molar-refractivity contribution is -0.141. The quantitative estimate of drug-likeness (QED) is 0.822. The molecule has 1 aromatic heterocycles. The minimum Gasteiger partial charge on any atom is -0.469 e. The number of hydrogen-bond acceptors (Lipinski definition) is 4. The van der Waals surface area contributed by atoms with Crippen LogP contribution in [0.3, 0.4) is 0 Å². The number of methoxy groups -OCH3 is 1. The molecular weight excluding hydrogens is 322 g/mol. The van der Waals surface area contributed by atoms with Gasteiger partial charge in [-0.1, -0.05) is 29.8 Å². The molecule has 0 fully saturated rings. The van der Waals surface area contributed by atoms with Crippen molar-refractivity contribution in [1.82, 2.24) is 5.32 Å². The first-order valence-corrected chi connectivity index (χ1v) is 7.98. The summed E-state index contributed by atoms with van der Waals surface area (Å²) in [5.74, 6) is -0.505. The van der Waals surface area contributed by atoms with E-state index in [1.165, 1.54) is 18.4 Å². The van der Waals surface area contributed by atoms with E-state index in [2.05, 4.69) is 5.32 Å². The van der Waals surface area contributed by atoms with Gasteiger partial charge in [0.05, 0.1) is 26.0 Å². The van der Waals surface area contributed by atoms with Crippen molar-refractivity contribution in [3.8, 4) is 0 Å². The predicted octanol–water partition coefficient (Wildman–Crippen LogP) is 3.36. The summed E-state index contributed by atoms with van der Waals surface area (Å²) in [6.07, 6.45) is 0.351. The lowest BCUT2D eigenvalue weighted by atomic mass is 10.1. The van der Waals surface area contributed by atoms with Crippen LogP contribution in [0.4, 0.5) is 0 Å². The smallest absolute Gasteiger partial charge is 0.307 e. The normalized spacial score (nSPS) is 11.7. The average molecular weight is 338 g/mol. The van der Waals surface area contributed by atoms with Crippen LogP contribution in [0.5, 0.6) is 0 Å². The van der Waals surface area contributed by atoms with Crippen molar-refractivity contribution in [1.29, 1.82) is 0 Å². The first-order chi connectivity index (χ1) is 10.6. The van der Waals surface area contributed by atoms with Gasteiger partial charge in [0.2, 0.25) is 5.91 Å². The van der Waals surface area contributed by atoms with E-state index in [4.69, 9.17) is 16.3 Å². The molecule has 1 atom stereocenters. The van der Waals surface area contributed by atoms with Crippen LogP contribution in [-0.2, 0) is 20.7 Å². The standard InChI is InChI=1S/C16H16ClNO3S/c1-21-16(20)10-13(14-3-2-8-22-14)18-15(19)9-11-4-6-12(17)7-5-11/h2-8,13H,9-10H2,1H3,(H,18,19). The van der Waals surface area contributed by atoms with Crippen LogP contribution >= 0.6 is 22.9 Å². The summed E-state index contributed by atoms with van der Waals surface area (Å²) in [5, 5.41) is 5.42. The Hall–Kier alpha value is -1.85. The van der Waals surface area contributed by atoms with Crippen LogP contribution < -0.4 is 5.32 Å². The average Bonchev–Trinajstić information content (AvgIpc) is 3.03. The fraction of sp³-hybridized carbons (Fsp3) is 0.250. The van der Waals surface area contributed by atoms with E-state index in [-0.39, 0.29) is 30.8 Å². The Morgan fingerprint density at radius 3 is 2.59 bits per heavy atom. The maximum absolute atomic E-state index is 12.2. The van der Waals surface area contributed by atoms with Gasteiger partial charge in [0, 0.05) is 9.90 Å². The molecule has 0 aliphatic heterocycles. The molecule has 0 spiro atoms. The highest BCUT2D eigenvalue weighted by atomic mass is 35.5. The summed E-state index contributed by atoms with van der Waals surface area (Å²) >= 11 is 7.32. The third-order valence-corrected chi connectivity index (χ3v) is 4.34. The summed E-state index contributed by atoms with van der Waals surface area (Å²) in [6.45, 7) is 0. The number of thiophene rings is 1. The fourth-order valence-electron chi connectivity index (χ4n) is 2.00. The third kappa shape index (κ3) is 4.86. The van der Waals surface area contributed by atoms with E-state index in [1.807, 2.05) is 29.6 Å². The number of carbonyl (C=O) groups is 2. The largest absolute Gasteiger partial charge is 0.469 e. The zero-order chi connectivity index (χ0) is 15.9. The van der Waals surface area contributed by atoms with E-state index >= 15 is 0 Å². The van der Waals surface area contributed by atoms with Crippen molar-refractivity contribution in [2.24, 2.45) is 0 Å². The van der Waals surface area contributed by atoms with Gasteiger partial charge in [-0.25, -0.2) is 0 Å². The number of amides is 1. The van der Waals surface area contributed by atoms with Crippen LogP contribution in [0, 0.1) is 0 Å². The number of esters is 1. The van der Waals surface area contributed by atoms with E-state index in [0.717, 1.165) is 10.4 Å². The molecule has 1 amide bonds. The van der Waals surface area contributed by atoms with Crippen LogP contribution in [0.15, 0.2) is 41.8 Å². The number of halogens is 1. The van der Waals surface area contributed by atoms with Crippen molar-refractivity contribution < 1.29 is 14.3 Å². The third-order valence-electron chi connectivity index (χ3n) is 3.10. The predicted molar refractivity (Wildman–Crippen MR) is 87.0 cm³/mol. The molecule has 2 rings (SSSR count). The Bertz CT molecular complexity index is 625. The highest BCUT2D eigenvalue weighted by Gasteiger charge is 2.19. The summed E-state index contributed by atoms with van der Waals surface area (Å²) < 4.78 is 4.69. The Morgan fingerprint density at radius 2 is 2.00 bits per heavy atom. The molecule has 0 bridgehead atoms. The molecule has 4 nitrogen and oxygen atoms in total. The second-order valence-electron chi connectivity index (χ2n) is 4.72. The van der Waals surface area contributed by atoms with Gasteiger partial charge in [0.1, 0.15) is 0 Å². The summed E-state index contributed by atoms with van der Waals surface area (Å²) in [5.41, 5.74) is 0.866. The lowest BCUT2D eigenvalue weighted by Gasteiger charge is -2.16. The second kappa shape index (κ2) is 7.96. The van der Waals surface area contributed by atoms with Gasteiger partial charge >= 0.3 is 5.97 Å². The highest BCUT2D eigenvalue weighted by Crippen LogP contribution is 2.22. The highest BCUT2D eigenvalue weighted by molar-refractivity contribution is 7.10. The van der Waals surface area contributed by atoms with E-state index in [9.17, 15) is 9.59 Å². The van der Waals surface area contributed by atoms with Crippen molar-refractivity contribution in [2.45, 2.75) is 18.9 Å². The molecule has 6 heteroatoms. The number of ether oxygens (including phenoxy) is 1. The molecule has 1 unspecified atom stereocenters. The number of benzene rings is 1. The Balaban J connectivity index is 2.01. The Labute approximate surface area is 138 Å². The van der Waals surface area contributed by atoms with Crippen LogP contribution in [0.25, 0.3) is 0 Å². The van der Waals surface area contributed by atoms with Gasteiger partial charge < -0.3 is 10.1 Å². The second-order valence-corrected chi connectivity index (χ2v) is 6.13. The maximum Gasteiger partial charge on any atom is 0.307 e. The summed E-state index contributed by atoms with van der Waals surface area (Å²) in [7, 11) is 1.34. The van der Waals surface area contributed by atoms with Crippen molar-refractivity contribution >= 4 is 34.8 Å². The van der Waals surface area contributed by atoms with Gasteiger partial charge in [-0.15, -0.1) is 11.3 Å². The van der Waals surface area contributed by atoms with Gasteiger partial charge in [0.25, 0.3) is 0 Å². The number of rotatable bonds is 6. The minimum absolute atomic E-state index is 0.114. The minimum atomic E-state index is -0.368. The number of nitrogens with one attached hydrogen (secondary N) is 1. The molecule has 1 heterocycles. The summed E-state index contributed by atoms with van der Waals surface area (Å²) in [4.78, 5) is 24.6. The van der Waals surface area contributed by atoms with Crippen molar-refractivity contribution in [2.75, 3.05) is 7.11 Å². The van der Waals surface area contributed by atoms with Gasteiger partial charge in [-0.05, 0) is 29.1 Å².